The summed E-state index contributed by atoms with van der Waals surface area (Å²) in [4.78, 5) is 38.3. The lowest BCUT2D eigenvalue weighted by atomic mass is 9.86. The molecular formula is C26H20ClF3N2O4. The highest BCUT2D eigenvalue weighted by Gasteiger charge is 2.44. The summed E-state index contributed by atoms with van der Waals surface area (Å²) in [5, 5.41) is 11.5. The molecule has 1 heterocycles. The standard InChI is InChI=1S/C26H20ClF3N2O4/c1-26(2)17-7-6-13(23(33)31-11-15-20(29)8-14(24(34)35)9-21(15)30)10-22(17)32(25(26)36)12-16-18(27)4-3-5-19(16)28/h3-10H,11-12H2,1-2H3,(H,31,33)(H,34,35). The fourth-order valence-corrected chi connectivity index (χ4v) is 4.37. The summed E-state index contributed by atoms with van der Waals surface area (Å²) < 4.78 is 42.9. The molecule has 3 aromatic rings. The van der Waals surface area contributed by atoms with Gasteiger partial charge in [-0.1, -0.05) is 23.7 Å². The number of amides is 2. The number of hydrogen-bond donors (Lipinski definition) is 2. The molecule has 10 heteroatoms. The molecule has 0 radical (unpaired) electrons. The molecule has 0 fully saturated rings. The van der Waals surface area contributed by atoms with Gasteiger partial charge in [0.1, 0.15) is 17.5 Å². The maximum Gasteiger partial charge on any atom is 0.335 e. The maximum atomic E-state index is 14.4. The monoisotopic (exact) mass is 516 g/mol. The first kappa shape index (κ1) is 25.2. The summed E-state index contributed by atoms with van der Waals surface area (Å²) in [5.74, 6) is -5.27. The second-order valence-electron chi connectivity index (χ2n) is 8.85. The minimum Gasteiger partial charge on any atom is -0.478 e. The minimum atomic E-state index is -1.49. The minimum absolute atomic E-state index is 0.104. The fourth-order valence-electron chi connectivity index (χ4n) is 4.15. The van der Waals surface area contributed by atoms with Gasteiger partial charge in [-0.05, 0) is 55.8 Å². The van der Waals surface area contributed by atoms with Crippen LogP contribution in [0.3, 0.4) is 0 Å². The summed E-state index contributed by atoms with van der Waals surface area (Å²) in [6.45, 7) is 2.73. The normalized spacial score (nSPS) is 14.1. The van der Waals surface area contributed by atoms with Crippen molar-refractivity contribution in [3.05, 3.63) is 98.8 Å². The van der Waals surface area contributed by atoms with Crippen molar-refractivity contribution in [1.82, 2.24) is 5.32 Å². The smallest absolute Gasteiger partial charge is 0.335 e. The van der Waals surface area contributed by atoms with Crippen LogP contribution < -0.4 is 10.2 Å². The summed E-state index contributed by atoms with van der Waals surface area (Å²) >= 11 is 6.15. The third-order valence-electron chi connectivity index (χ3n) is 6.20. The zero-order valence-electron chi connectivity index (χ0n) is 19.2. The van der Waals surface area contributed by atoms with Crippen LogP contribution in [0.4, 0.5) is 18.9 Å². The van der Waals surface area contributed by atoms with Gasteiger partial charge in [-0.25, -0.2) is 18.0 Å². The topological polar surface area (TPSA) is 86.7 Å². The molecule has 1 aliphatic heterocycles. The molecule has 0 bridgehead atoms. The molecule has 4 rings (SSSR count). The Morgan fingerprint density at radius 3 is 2.25 bits per heavy atom. The van der Waals surface area contributed by atoms with Crippen LogP contribution in [0.1, 0.15) is 51.3 Å². The van der Waals surface area contributed by atoms with Crippen LogP contribution in [0.25, 0.3) is 0 Å². The molecule has 1 aliphatic rings. The summed E-state index contributed by atoms with van der Waals surface area (Å²) in [6, 6.07) is 10.1. The molecular weight excluding hydrogens is 497 g/mol. The number of benzene rings is 3. The SMILES string of the molecule is CC1(C)C(=O)N(Cc2c(F)cccc2Cl)c2cc(C(=O)NCc3c(F)cc(C(=O)O)cc3F)ccc21. The quantitative estimate of drug-likeness (QED) is 0.471. The van der Waals surface area contributed by atoms with E-state index in [1.165, 1.54) is 35.2 Å². The summed E-state index contributed by atoms with van der Waals surface area (Å²) in [6.07, 6.45) is 0. The van der Waals surface area contributed by atoms with Crippen LogP contribution in [-0.4, -0.2) is 22.9 Å². The Labute approximate surface area is 209 Å². The van der Waals surface area contributed by atoms with Gasteiger partial charge in [0.2, 0.25) is 5.91 Å². The molecule has 0 aliphatic carbocycles. The van der Waals surface area contributed by atoms with Crippen molar-refractivity contribution in [3.63, 3.8) is 0 Å². The number of halogens is 4. The lowest BCUT2D eigenvalue weighted by Gasteiger charge is -2.21. The van der Waals surface area contributed by atoms with Crippen LogP contribution in [0.2, 0.25) is 5.02 Å². The lowest BCUT2D eigenvalue weighted by molar-refractivity contribution is -0.122. The van der Waals surface area contributed by atoms with E-state index in [1.54, 1.807) is 19.9 Å². The molecule has 0 saturated carbocycles. The van der Waals surface area contributed by atoms with Crippen LogP contribution in [0.5, 0.6) is 0 Å². The molecule has 0 spiro atoms. The van der Waals surface area contributed by atoms with E-state index in [0.29, 0.717) is 23.4 Å². The molecule has 0 saturated heterocycles. The third-order valence-corrected chi connectivity index (χ3v) is 6.55. The van der Waals surface area contributed by atoms with Crippen molar-refractivity contribution in [2.45, 2.75) is 32.4 Å². The molecule has 2 amide bonds. The largest absolute Gasteiger partial charge is 0.478 e. The average Bonchev–Trinajstić information content (AvgIpc) is 3.00. The molecule has 0 aromatic heterocycles. The van der Waals surface area contributed by atoms with Crippen LogP contribution in [0.15, 0.2) is 48.5 Å². The first-order valence-corrected chi connectivity index (χ1v) is 11.2. The average molecular weight is 517 g/mol. The van der Waals surface area contributed by atoms with E-state index < -0.39 is 52.4 Å². The molecule has 2 N–H and O–H groups in total. The molecule has 6 nitrogen and oxygen atoms in total. The number of nitrogens with zero attached hydrogens (tertiary/aromatic N) is 1. The number of aromatic carboxylic acids is 1. The van der Waals surface area contributed by atoms with Gasteiger partial charge in [0.15, 0.2) is 0 Å². The van der Waals surface area contributed by atoms with Crippen LogP contribution >= 0.6 is 11.6 Å². The summed E-state index contributed by atoms with van der Waals surface area (Å²) in [7, 11) is 0. The van der Waals surface area contributed by atoms with Gasteiger partial charge in [0.25, 0.3) is 5.91 Å². The molecule has 3 aromatic carbocycles. The van der Waals surface area contributed by atoms with Gasteiger partial charge in [-0.3, -0.25) is 9.59 Å². The fraction of sp³-hybridized carbons (Fsp3) is 0.192. The Morgan fingerprint density at radius 2 is 1.64 bits per heavy atom. The van der Waals surface area contributed by atoms with Gasteiger partial charge in [0, 0.05) is 33.9 Å². The Kier molecular flexibility index (Phi) is 6.53. The molecule has 0 unspecified atom stereocenters. The maximum absolute atomic E-state index is 14.4. The predicted octanol–water partition coefficient (Wildman–Crippen LogP) is 5.21. The third kappa shape index (κ3) is 4.42. The molecule has 36 heavy (non-hydrogen) atoms. The second-order valence-corrected chi connectivity index (χ2v) is 9.26. The molecule has 186 valence electrons. The van der Waals surface area contributed by atoms with E-state index in [4.69, 9.17) is 16.7 Å². The number of rotatable bonds is 6. The number of hydrogen-bond acceptors (Lipinski definition) is 3. The van der Waals surface area contributed by atoms with Crippen molar-refractivity contribution in [2.24, 2.45) is 0 Å². The number of carboxylic acid groups (broad SMARTS) is 1. The lowest BCUT2D eigenvalue weighted by Crippen LogP contribution is -2.36. The molecule has 0 atom stereocenters. The van der Waals surface area contributed by atoms with E-state index in [0.717, 1.165) is 0 Å². The summed E-state index contributed by atoms with van der Waals surface area (Å²) in [5.41, 5.74) is -0.755. The Morgan fingerprint density at radius 1 is 0.972 bits per heavy atom. The Bertz CT molecular complexity index is 1380. The van der Waals surface area contributed by atoms with Crippen molar-refractivity contribution in [1.29, 1.82) is 0 Å². The van der Waals surface area contributed by atoms with E-state index >= 15 is 0 Å². The second kappa shape index (κ2) is 9.31. The van der Waals surface area contributed by atoms with Gasteiger partial charge in [-0.15, -0.1) is 0 Å². The zero-order valence-corrected chi connectivity index (χ0v) is 19.9. The van der Waals surface area contributed by atoms with Crippen molar-refractivity contribution >= 4 is 35.1 Å². The first-order chi connectivity index (χ1) is 16.9. The number of nitrogens with one attached hydrogen (secondary N) is 1. The number of fused-ring (bicyclic) bond motifs is 1. The van der Waals surface area contributed by atoms with Crippen molar-refractivity contribution < 1.29 is 32.7 Å². The highest BCUT2D eigenvalue weighted by Crippen LogP contribution is 2.43. The Hall–Kier alpha value is -3.85. The predicted molar refractivity (Wildman–Crippen MR) is 127 cm³/mol. The Balaban J connectivity index is 1.61. The van der Waals surface area contributed by atoms with Gasteiger partial charge in [-0.2, -0.15) is 0 Å². The van der Waals surface area contributed by atoms with Crippen molar-refractivity contribution in [2.75, 3.05) is 4.90 Å². The number of anilines is 1. The van der Waals surface area contributed by atoms with E-state index in [1.807, 2.05) is 0 Å². The number of carbonyl (C=O) groups is 3. The van der Waals surface area contributed by atoms with Gasteiger partial charge >= 0.3 is 5.97 Å². The van der Waals surface area contributed by atoms with Gasteiger partial charge in [0.05, 0.1) is 17.5 Å². The first-order valence-electron chi connectivity index (χ1n) is 10.8. The van der Waals surface area contributed by atoms with E-state index in [2.05, 4.69) is 5.32 Å². The number of carbonyl (C=O) groups excluding carboxylic acids is 2. The van der Waals surface area contributed by atoms with Gasteiger partial charge < -0.3 is 15.3 Å². The van der Waals surface area contributed by atoms with Crippen LogP contribution in [-0.2, 0) is 23.3 Å². The van der Waals surface area contributed by atoms with E-state index in [9.17, 15) is 27.6 Å². The highest BCUT2D eigenvalue weighted by molar-refractivity contribution is 6.31. The van der Waals surface area contributed by atoms with Crippen LogP contribution in [0, 0.1) is 17.5 Å². The highest BCUT2D eigenvalue weighted by atomic mass is 35.5. The van der Waals surface area contributed by atoms with E-state index in [-0.39, 0.29) is 28.6 Å². The zero-order chi connectivity index (χ0) is 26.4. The van der Waals surface area contributed by atoms with Crippen molar-refractivity contribution in [3.8, 4) is 0 Å². The number of carboxylic acids is 1.